The number of nitrogens with one attached hydrogen (secondary N) is 1. The van der Waals surface area contributed by atoms with Crippen LogP contribution in [0.4, 0.5) is 0 Å². The van der Waals surface area contributed by atoms with Crippen LogP contribution in [0.3, 0.4) is 0 Å². The van der Waals surface area contributed by atoms with E-state index in [2.05, 4.69) is 24.3 Å². The summed E-state index contributed by atoms with van der Waals surface area (Å²) in [6.07, 6.45) is 1.97. The van der Waals surface area contributed by atoms with E-state index < -0.39 is 0 Å². The maximum absolute atomic E-state index is 11.1. The lowest BCUT2D eigenvalue weighted by molar-refractivity contribution is -0.121. The maximum Gasteiger partial charge on any atom is 0.233 e. The summed E-state index contributed by atoms with van der Waals surface area (Å²) in [5.74, 6) is 0.0193. The quantitative estimate of drug-likeness (QED) is 0.798. The third-order valence-corrected chi connectivity index (χ3v) is 2.32. The van der Waals surface area contributed by atoms with Crippen LogP contribution in [0.5, 0.6) is 0 Å². The summed E-state index contributed by atoms with van der Waals surface area (Å²) >= 11 is 0. The fourth-order valence-electron chi connectivity index (χ4n) is 1.41. The molecule has 0 aromatic carbocycles. The molecule has 5 heteroatoms. The smallest absolute Gasteiger partial charge is 0.233 e. The molecule has 1 N–H and O–H groups in total. The molecule has 0 unspecified atom stereocenters. The highest BCUT2D eigenvalue weighted by molar-refractivity contribution is 5.77. The Kier molecular flexibility index (Phi) is 4.49. The second kappa shape index (κ2) is 5.65. The molecule has 1 amide bonds. The van der Waals surface area contributed by atoms with Crippen molar-refractivity contribution in [1.82, 2.24) is 20.0 Å². The molecular weight excluding hydrogens is 204 g/mol. The van der Waals surface area contributed by atoms with Gasteiger partial charge < -0.3 is 5.32 Å². The molecule has 0 saturated heterocycles. The van der Waals surface area contributed by atoms with E-state index in [1.165, 1.54) is 0 Å². The van der Waals surface area contributed by atoms with Gasteiger partial charge in [0.05, 0.1) is 12.2 Å². The molecule has 5 nitrogen and oxygen atoms in total. The number of likely N-dealkylation sites (N-methyl/N-ethyl adjacent to an activating group) is 2. The molecular formula is C11H20N4O. The fourth-order valence-corrected chi connectivity index (χ4v) is 1.41. The van der Waals surface area contributed by atoms with Gasteiger partial charge in [0.25, 0.3) is 0 Å². The van der Waals surface area contributed by atoms with Gasteiger partial charge in [0.15, 0.2) is 0 Å². The summed E-state index contributed by atoms with van der Waals surface area (Å²) in [4.78, 5) is 13.1. The van der Waals surface area contributed by atoms with Gasteiger partial charge in [0.2, 0.25) is 5.91 Å². The summed E-state index contributed by atoms with van der Waals surface area (Å²) in [6.45, 7) is 5.26. The second-order valence-corrected chi connectivity index (χ2v) is 4.23. The average molecular weight is 224 g/mol. The topological polar surface area (TPSA) is 50.2 Å². The lowest BCUT2D eigenvalue weighted by atomic mass is 10.4. The molecule has 0 spiro atoms. The second-order valence-electron chi connectivity index (χ2n) is 4.23. The van der Waals surface area contributed by atoms with Crippen molar-refractivity contribution in [1.29, 1.82) is 0 Å². The first kappa shape index (κ1) is 12.7. The predicted molar refractivity (Wildman–Crippen MR) is 63.0 cm³/mol. The standard InChI is InChI=1S/C11H20N4O/c1-9(2)15-6-5-10(13-15)7-14(4)8-11(16)12-3/h5-6,9H,7-8H2,1-4H3,(H,12,16). The molecule has 1 rings (SSSR count). The minimum atomic E-state index is 0.0193. The van der Waals surface area contributed by atoms with Gasteiger partial charge in [0, 0.05) is 25.8 Å². The zero-order valence-corrected chi connectivity index (χ0v) is 10.4. The third-order valence-electron chi connectivity index (χ3n) is 2.32. The molecule has 0 atom stereocenters. The molecule has 0 radical (unpaired) electrons. The van der Waals surface area contributed by atoms with Crippen molar-refractivity contribution in [2.75, 3.05) is 20.6 Å². The Morgan fingerprint density at radius 2 is 2.31 bits per heavy atom. The van der Waals surface area contributed by atoms with Crippen LogP contribution < -0.4 is 5.32 Å². The highest BCUT2D eigenvalue weighted by Crippen LogP contribution is 2.05. The number of amides is 1. The van der Waals surface area contributed by atoms with Crippen LogP contribution in [-0.4, -0.2) is 41.2 Å². The van der Waals surface area contributed by atoms with Gasteiger partial charge in [-0.3, -0.25) is 14.4 Å². The Hall–Kier alpha value is -1.36. The minimum Gasteiger partial charge on any atom is -0.358 e. The molecule has 0 aliphatic heterocycles. The van der Waals surface area contributed by atoms with Crippen LogP contribution in [0.25, 0.3) is 0 Å². The lowest BCUT2D eigenvalue weighted by Crippen LogP contribution is -2.32. The Bertz CT molecular complexity index is 346. The minimum absolute atomic E-state index is 0.0193. The van der Waals surface area contributed by atoms with E-state index in [-0.39, 0.29) is 5.91 Å². The molecule has 90 valence electrons. The highest BCUT2D eigenvalue weighted by atomic mass is 16.1. The Morgan fingerprint density at radius 3 is 2.81 bits per heavy atom. The SMILES string of the molecule is CNC(=O)CN(C)Cc1ccn(C(C)C)n1. The van der Waals surface area contributed by atoms with Gasteiger partial charge in [-0.25, -0.2) is 0 Å². The van der Waals surface area contributed by atoms with Crippen LogP contribution in [-0.2, 0) is 11.3 Å². The van der Waals surface area contributed by atoms with E-state index in [4.69, 9.17) is 0 Å². The van der Waals surface area contributed by atoms with Crippen molar-refractivity contribution in [3.8, 4) is 0 Å². The highest BCUT2D eigenvalue weighted by Gasteiger charge is 2.08. The average Bonchev–Trinajstić information content (AvgIpc) is 2.65. The summed E-state index contributed by atoms with van der Waals surface area (Å²) in [7, 11) is 3.55. The predicted octanol–water partition coefficient (Wildman–Crippen LogP) is 0.642. The van der Waals surface area contributed by atoms with Crippen LogP contribution in [0.1, 0.15) is 25.6 Å². The largest absolute Gasteiger partial charge is 0.358 e. The monoisotopic (exact) mass is 224 g/mol. The third kappa shape index (κ3) is 3.66. The van der Waals surface area contributed by atoms with Crippen molar-refractivity contribution >= 4 is 5.91 Å². The summed E-state index contributed by atoms with van der Waals surface area (Å²) in [5.41, 5.74) is 0.986. The van der Waals surface area contributed by atoms with Crippen LogP contribution in [0.2, 0.25) is 0 Å². The van der Waals surface area contributed by atoms with Crippen molar-refractivity contribution in [3.05, 3.63) is 18.0 Å². The van der Waals surface area contributed by atoms with Crippen molar-refractivity contribution in [2.45, 2.75) is 26.4 Å². The first-order valence-electron chi connectivity index (χ1n) is 5.46. The summed E-state index contributed by atoms with van der Waals surface area (Å²) in [5, 5.41) is 7.03. The van der Waals surface area contributed by atoms with E-state index in [1.807, 2.05) is 28.9 Å². The first-order chi connectivity index (χ1) is 7.52. The zero-order valence-electron chi connectivity index (χ0n) is 10.4. The van der Waals surface area contributed by atoms with E-state index in [9.17, 15) is 4.79 Å². The zero-order chi connectivity index (χ0) is 12.1. The number of hydrogen-bond donors (Lipinski definition) is 1. The number of carbonyl (C=O) groups is 1. The van der Waals surface area contributed by atoms with Gasteiger partial charge >= 0.3 is 0 Å². The van der Waals surface area contributed by atoms with Gasteiger partial charge in [-0.05, 0) is 27.0 Å². The van der Waals surface area contributed by atoms with Crippen LogP contribution in [0, 0.1) is 0 Å². The van der Waals surface area contributed by atoms with Gasteiger partial charge in [0.1, 0.15) is 0 Å². The lowest BCUT2D eigenvalue weighted by Gasteiger charge is -2.13. The number of nitrogens with zero attached hydrogens (tertiary/aromatic N) is 3. The number of aromatic nitrogens is 2. The van der Waals surface area contributed by atoms with Crippen molar-refractivity contribution < 1.29 is 4.79 Å². The van der Waals surface area contributed by atoms with Crippen molar-refractivity contribution in [3.63, 3.8) is 0 Å². The molecule has 1 aromatic rings. The molecule has 0 fully saturated rings. The van der Waals surface area contributed by atoms with E-state index >= 15 is 0 Å². The summed E-state index contributed by atoms with van der Waals surface area (Å²) < 4.78 is 1.92. The number of carbonyl (C=O) groups excluding carboxylic acids is 1. The van der Waals surface area contributed by atoms with E-state index in [0.29, 0.717) is 19.1 Å². The molecule has 0 aliphatic carbocycles. The van der Waals surface area contributed by atoms with E-state index in [0.717, 1.165) is 5.69 Å². The number of hydrogen-bond acceptors (Lipinski definition) is 3. The van der Waals surface area contributed by atoms with Gasteiger partial charge in [-0.1, -0.05) is 0 Å². The Labute approximate surface area is 96.4 Å². The molecule has 0 aliphatic rings. The van der Waals surface area contributed by atoms with Gasteiger partial charge in [-0.15, -0.1) is 0 Å². The molecule has 0 bridgehead atoms. The maximum atomic E-state index is 11.1. The Balaban J connectivity index is 2.49. The molecule has 0 saturated carbocycles. The van der Waals surface area contributed by atoms with Crippen LogP contribution >= 0.6 is 0 Å². The Morgan fingerprint density at radius 1 is 1.62 bits per heavy atom. The van der Waals surface area contributed by atoms with Gasteiger partial charge in [-0.2, -0.15) is 5.10 Å². The molecule has 1 aromatic heterocycles. The fraction of sp³-hybridized carbons (Fsp3) is 0.636. The van der Waals surface area contributed by atoms with Crippen molar-refractivity contribution in [2.24, 2.45) is 0 Å². The summed E-state index contributed by atoms with van der Waals surface area (Å²) in [6, 6.07) is 2.36. The number of rotatable bonds is 5. The normalized spacial score (nSPS) is 11.1. The first-order valence-corrected chi connectivity index (χ1v) is 5.46. The van der Waals surface area contributed by atoms with E-state index in [1.54, 1.807) is 7.05 Å². The molecule has 16 heavy (non-hydrogen) atoms. The molecule has 1 heterocycles. The van der Waals surface area contributed by atoms with Crippen LogP contribution in [0.15, 0.2) is 12.3 Å².